The minimum absolute atomic E-state index is 0.00645. The van der Waals surface area contributed by atoms with E-state index in [1.165, 1.54) is 5.57 Å². The zero-order valence-electron chi connectivity index (χ0n) is 82.3. The molecule has 0 aromatic carbocycles. The van der Waals surface area contributed by atoms with Gasteiger partial charge in [-0.25, -0.2) is 79.0 Å². The number of H-pyrrole nitrogens is 5. The molecule has 42 heteroatoms. The molecule has 42 nitrogen and oxygen atoms in total. The van der Waals surface area contributed by atoms with Crippen molar-refractivity contribution in [2.75, 3.05) is 170 Å². The van der Waals surface area contributed by atoms with E-state index in [1.807, 2.05) is 117 Å². The summed E-state index contributed by atoms with van der Waals surface area (Å²) in [6, 6.07) is 22.7. The van der Waals surface area contributed by atoms with E-state index >= 15 is 0 Å². The largest absolute Gasteiger partial charge is 0.495 e. The quantitative estimate of drug-likeness (QED) is 0.0434. The Morgan fingerprint density at radius 2 is 0.708 bits per heavy atom. The number of carbonyl (C=O) groups is 5. The van der Waals surface area contributed by atoms with Crippen LogP contribution >= 0.6 is 0 Å². The fraction of sp³-hybridized carbons (Fsp3) is 0.451. The van der Waals surface area contributed by atoms with Crippen LogP contribution in [0, 0.1) is 59.2 Å². The number of urea groups is 4. The number of nitrogens with one attached hydrogen (secondary N) is 9. The molecule has 144 heavy (non-hydrogen) atoms. The molecule has 10 fully saturated rings. The minimum atomic E-state index is -0.0748. The molecule has 13 aromatic heterocycles. The number of hydrogen-bond donors (Lipinski definition) is 9. The molecule has 0 bridgehead atoms. The van der Waals surface area contributed by atoms with Crippen molar-refractivity contribution < 1.29 is 38.2 Å². The van der Waals surface area contributed by atoms with Crippen LogP contribution in [-0.2, 0) is 0 Å². The van der Waals surface area contributed by atoms with E-state index in [1.54, 1.807) is 102 Å². The molecule has 748 valence electrons. The highest BCUT2D eigenvalue weighted by Gasteiger charge is 2.50. The molecule has 5 unspecified atom stereocenters. The predicted molar refractivity (Wildman–Crippen MR) is 549 cm³/mol. The minimum Gasteiger partial charge on any atom is -0.495 e. The molecule has 0 spiro atoms. The lowest BCUT2D eigenvalue weighted by molar-refractivity contribution is 0.0772. The third-order valence-electron chi connectivity index (χ3n) is 31.7. The number of aromatic amines is 5. The maximum absolute atomic E-state index is 12.9. The van der Waals surface area contributed by atoms with Gasteiger partial charge in [0.05, 0.1) is 91.3 Å². The Morgan fingerprint density at radius 1 is 0.361 bits per heavy atom. The summed E-state index contributed by atoms with van der Waals surface area (Å²) in [5.41, 5.74) is 7.29. The van der Waals surface area contributed by atoms with Crippen LogP contribution in [0.25, 0.3) is 55.2 Å². The summed E-state index contributed by atoms with van der Waals surface area (Å²) in [6.07, 6.45) is 38.9. The first-order valence-corrected chi connectivity index (χ1v) is 49.7. The van der Waals surface area contributed by atoms with Gasteiger partial charge in [0.15, 0.2) is 0 Å². The number of anilines is 7. The van der Waals surface area contributed by atoms with Gasteiger partial charge in [-0.1, -0.05) is 12.1 Å². The number of pyridine rings is 3. The van der Waals surface area contributed by atoms with E-state index < -0.39 is 0 Å². The fourth-order valence-electron chi connectivity index (χ4n) is 24.1. The molecule has 20 heterocycles. The number of rotatable bonds is 16. The third kappa shape index (κ3) is 19.8. The normalized spacial score (nSPS) is 24.3. The molecule has 5 saturated carbocycles. The van der Waals surface area contributed by atoms with E-state index in [0.717, 1.165) is 214 Å². The van der Waals surface area contributed by atoms with Crippen LogP contribution in [0.15, 0.2) is 182 Å². The van der Waals surface area contributed by atoms with Crippen LogP contribution in [0.5, 0.6) is 17.5 Å². The average molecular weight is 1950 g/mol. The lowest BCUT2D eigenvalue weighted by atomic mass is 10.0. The third-order valence-corrected chi connectivity index (χ3v) is 31.7. The molecule has 5 saturated heterocycles. The van der Waals surface area contributed by atoms with E-state index in [0.29, 0.717) is 149 Å². The number of aliphatic imine (C=N–C) groups is 2. The number of fused-ring (bicyclic) bond motifs is 10. The molecule has 15 atom stereocenters. The van der Waals surface area contributed by atoms with Crippen LogP contribution in [-0.4, -0.2) is 321 Å². The van der Waals surface area contributed by atoms with E-state index in [2.05, 4.69) is 181 Å². The number of methoxy groups -OCH3 is 3. The number of hydrogen-bond acceptors (Lipinski definition) is 28. The first-order chi connectivity index (χ1) is 70.1. The molecule has 9 amide bonds. The van der Waals surface area contributed by atoms with Gasteiger partial charge in [-0.2, -0.15) is 0 Å². The standard InChI is InChI=1S/2C21H25N7O2.C21H24N6O2.C20H25N7O.C19H23N7O/c1-27(20-18-3-4-23-19(18)24-12-25-20)16-5-13-10-28(11-14(13)6-16)21(29)26-15-7-17(30-2)9-22-8-15;1-27(20-17-5-6-22-19(17)24-12-25-20)16-7-13-10-28(11-14(13)8-16)21(29)26-15-3-4-18(30-2)23-9-15;1-26(20-16-6-7-22-19(16)23-12-24-20)15-8-13-10-27(11-14(13)9-15)21(28)17-4-3-5-18(25-17)29-2;1-12-5-17(22-8-12)25-20(28)27-9-13-6-15(7-14(13)10-27)26(2)19-16-3-4-21-18(16)23-11-24-19;1-25(18-15-4-6-21-17(15)22-11-23-18)14-7-12-9-26(10-13(12)8-14)19(27)24-16-3-2-5-20-16/h3-4,7-9,12-14,16H,5-6,10-11H2,1-2H3,(H,26,29)(H,23,24,25);3-6,9,12-14,16H,7-8,10-11H2,1-2H3,(H,26,29)(H,22,24,25);3-7,12-15H,8-11H2,1-2H3,(H,22,23,24);3-5,11,13-15H,6-10H2,1-2H3,(H,21,23,24)(H,22,25,28);2-4,6,11-14H,5,7-10H2,1H3,(H,20,24,27)(H,21,22,23)/t2*13-,14+,16?;2*13-,14+,15?;12-,13+,14?. The zero-order chi connectivity index (χ0) is 98.9. The van der Waals surface area contributed by atoms with E-state index in [9.17, 15) is 24.0 Å². The Balaban J connectivity index is 0.000000106. The molecule has 9 N–H and O–H groups in total. The smallest absolute Gasteiger partial charge is 0.323 e. The van der Waals surface area contributed by atoms with Crippen molar-refractivity contribution in [3.05, 3.63) is 177 Å². The summed E-state index contributed by atoms with van der Waals surface area (Å²) >= 11 is 0. The summed E-state index contributed by atoms with van der Waals surface area (Å²) in [6.45, 7) is 11.4. The Hall–Kier alpha value is -15.7. The van der Waals surface area contributed by atoms with Gasteiger partial charge in [0, 0.05) is 180 Å². The number of carbonyl (C=O) groups excluding carboxylic acids is 5. The van der Waals surface area contributed by atoms with Crippen LogP contribution in [0.2, 0.25) is 0 Å². The zero-order valence-corrected chi connectivity index (χ0v) is 82.3. The SMILES string of the molecule is CC1=CC(NC(=O)N2C[C@H]3CC(N(C)c4ncnc5[nH]ccc45)C[C@H]3C2)=NC1.CN(c1ncnc2[nH]ccc12)C1C[C@@H]2CN(C(=O)NC3=NCC=C3)C[C@@H]2C1.COc1ccc(NC(=O)N2C[C@H]3CC(N(C)c4ncnc5[nH]ccc45)C[C@H]3C2)cn1.COc1cccc(C(=O)N2C[C@H]3CC(N(C)c4ncnc5[nH]ccc45)C[C@H]3C2)n1.COc1cncc(NC(=O)N2C[C@H]3CC(N(C)c4ncnc5[nH]ccc45)C[C@H]3C2)c1. The monoisotopic (exact) mass is 1950 g/mol. The van der Waals surface area contributed by atoms with E-state index in [-0.39, 0.29) is 30.0 Å². The summed E-state index contributed by atoms with van der Waals surface area (Å²) in [7, 11) is 15.3. The highest BCUT2D eigenvalue weighted by Crippen LogP contribution is 2.48. The van der Waals surface area contributed by atoms with Gasteiger partial charge >= 0.3 is 24.1 Å². The molecule has 5 aliphatic carbocycles. The topological polar surface area (TPSA) is 465 Å². The molecule has 13 aromatic rings. The Labute approximate surface area is 831 Å². The van der Waals surface area contributed by atoms with Crippen LogP contribution in [0.4, 0.5) is 59.6 Å². The van der Waals surface area contributed by atoms with Crippen LogP contribution < -0.4 is 60.0 Å². The van der Waals surface area contributed by atoms with Crippen LogP contribution in [0.3, 0.4) is 0 Å². The van der Waals surface area contributed by atoms with Gasteiger partial charge in [-0.3, -0.25) is 30.4 Å². The maximum atomic E-state index is 12.9. The van der Waals surface area contributed by atoms with Crippen molar-refractivity contribution in [2.45, 2.75) is 101 Å². The molecule has 7 aliphatic heterocycles. The van der Waals surface area contributed by atoms with Crippen molar-refractivity contribution >= 4 is 137 Å². The first kappa shape index (κ1) is 94.6. The number of likely N-dealkylation sites (tertiary alicyclic amines) is 5. The van der Waals surface area contributed by atoms with Gasteiger partial charge in [0.2, 0.25) is 11.8 Å². The highest BCUT2D eigenvalue weighted by molar-refractivity contribution is 6.06. The van der Waals surface area contributed by atoms with Gasteiger partial charge < -0.3 is 98.8 Å². The van der Waals surface area contributed by atoms with Crippen molar-refractivity contribution in [3.63, 3.8) is 0 Å². The van der Waals surface area contributed by atoms with E-state index in [4.69, 9.17) is 14.2 Å². The van der Waals surface area contributed by atoms with Crippen molar-refractivity contribution in [1.29, 1.82) is 0 Å². The lowest BCUT2D eigenvalue weighted by Gasteiger charge is -2.28. The predicted octanol–water partition coefficient (Wildman–Crippen LogP) is 11.8. The fourth-order valence-corrected chi connectivity index (χ4v) is 24.1. The first-order valence-electron chi connectivity index (χ1n) is 49.7. The summed E-state index contributed by atoms with van der Waals surface area (Å²) < 4.78 is 15.4. The lowest BCUT2D eigenvalue weighted by Crippen LogP contribution is -2.42. The second-order valence-corrected chi connectivity index (χ2v) is 40.1. The van der Waals surface area contributed by atoms with Gasteiger partial charge in [0.1, 0.15) is 112 Å². The molecular weight excluding hydrogens is 1830 g/mol. The van der Waals surface area contributed by atoms with Crippen molar-refractivity contribution in [3.8, 4) is 17.5 Å². The second kappa shape index (κ2) is 41.1. The molecular formula is C102H122N34O8. The molecule has 12 aliphatic rings. The maximum Gasteiger partial charge on any atom is 0.323 e. The summed E-state index contributed by atoms with van der Waals surface area (Å²) in [5, 5.41) is 17.0. The Bertz CT molecular complexity index is 6910. The van der Waals surface area contributed by atoms with Gasteiger partial charge in [-0.15, -0.1) is 0 Å². The number of amides is 9. The number of nitrogens with zero attached hydrogens (tertiary/aromatic N) is 25. The molecule has 25 rings (SSSR count). The molecule has 0 radical (unpaired) electrons. The number of aromatic nitrogens is 18. The second-order valence-electron chi connectivity index (χ2n) is 40.1. The summed E-state index contributed by atoms with van der Waals surface area (Å²) in [4.78, 5) is 165. The highest BCUT2D eigenvalue weighted by atomic mass is 16.5. The van der Waals surface area contributed by atoms with Crippen molar-refractivity contribution in [1.82, 2.24) is 125 Å². The van der Waals surface area contributed by atoms with Gasteiger partial charge in [-0.05, 0) is 191 Å². The van der Waals surface area contributed by atoms with Gasteiger partial charge in [0.25, 0.3) is 5.91 Å². The average Bonchev–Trinajstić information content (AvgIpc) is 1.65. The number of amidine groups is 2. The van der Waals surface area contributed by atoms with Crippen LogP contribution in [0.1, 0.15) is 81.6 Å². The van der Waals surface area contributed by atoms with Crippen molar-refractivity contribution in [2.24, 2.45) is 69.2 Å². The summed E-state index contributed by atoms with van der Waals surface area (Å²) in [5.74, 6) is 13.1. The Morgan fingerprint density at radius 3 is 1.03 bits per heavy atom. The number of ether oxygens (including phenoxy) is 3. The Kier molecular flexibility index (Phi) is 27.0.